The highest BCUT2D eigenvalue weighted by atomic mass is 32.2. The van der Waals surface area contributed by atoms with Crippen LogP contribution in [-0.4, -0.2) is 37.3 Å². The van der Waals surface area contributed by atoms with Gasteiger partial charge in [-0.2, -0.15) is 13.1 Å². The van der Waals surface area contributed by atoms with Crippen molar-refractivity contribution in [1.82, 2.24) is 4.31 Å². The number of hydrogen-bond donors (Lipinski definition) is 1. The fourth-order valence-electron chi connectivity index (χ4n) is 3.08. The molecule has 0 amide bonds. The van der Waals surface area contributed by atoms with E-state index in [4.69, 9.17) is 0 Å². The summed E-state index contributed by atoms with van der Waals surface area (Å²) in [5, 5.41) is 14.1. The molecular formula is C18H19F2N3O5S. The normalized spacial score (nSPS) is 14.9. The average Bonchev–Trinajstić information content (AvgIpc) is 3.21. The van der Waals surface area contributed by atoms with Crippen LogP contribution in [0.25, 0.3) is 0 Å². The first kappa shape index (κ1) is 20.9. The molecule has 29 heavy (non-hydrogen) atoms. The van der Waals surface area contributed by atoms with Crippen LogP contribution in [0.4, 0.5) is 20.2 Å². The minimum Gasteiger partial charge on any atom is -0.435 e. The number of alkyl halides is 2. The number of ether oxygens (including phenoxy) is 1. The third-order valence-electron chi connectivity index (χ3n) is 4.47. The van der Waals surface area contributed by atoms with Gasteiger partial charge in [0.15, 0.2) is 0 Å². The molecule has 1 fully saturated rings. The van der Waals surface area contributed by atoms with Crippen LogP contribution in [0.3, 0.4) is 0 Å². The van der Waals surface area contributed by atoms with E-state index in [0.29, 0.717) is 18.7 Å². The van der Waals surface area contributed by atoms with Crippen molar-refractivity contribution in [3.63, 3.8) is 0 Å². The van der Waals surface area contributed by atoms with Gasteiger partial charge >= 0.3 is 6.61 Å². The number of nitrogens with zero attached hydrogens (tertiary/aromatic N) is 2. The largest absolute Gasteiger partial charge is 0.435 e. The minimum atomic E-state index is -3.91. The lowest BCUT2D eigenvalue weighted by Gasteiger charge is -2.19. The van der Waals surface area contributed by atoms with Crippen LogP contribution < -0.4 is 10.1 Å². The van der Waals surface area contributed by atoms with Crippen LogP contribution in [0, 0.1) is 10.1 Å². The van der Waals surface area contributed by atoms with Crippen molar-refractivity contribution >= 4 is 21.4 Å². The molecule has 11 heteroatoms. The molecule has 0 unspecified atom stereocenters. The smallest absolute Gasteiger partial charge is 0.387 e. The van der Waals surface area contributed by atoms with Crippen molar-refractivity contribution in [3.8, 4) is 5.75 Å². The second-order valence-electron chi connectivity index (χ2n) is 6.43. The van der Waals surface area contributed by atoms with Crippen molar-refractivity contribution in [2.45, 2.75) is 30.9 Å². The van der Waals surface area contributed by atoms with Gasteiger partial charge in [-0.3, -0.25) is 10.1 Å². The van der Waals surface area contributed by atoms with E-state index in [2.05, 4.69) is 10.1 Å². The standard InChI is InChI=1S/C18H19F2N3O5S/c19-18(20)28-15-5-3-4-13(10-15)12-21-16-7-6-14(23(24)25)11-17(16)29(26,27)22-8-1-2-9-22/h3-7,10-11,18,21H,1-2,8-9,12H2. The summed E-state index contributed by atoms with van der Waals surface area (Å²) >= 11 is 0. The number of rotatable bonds is 8. The molecular weight excluding hydrogens is 408 g/mol. The van der Waals surface area contributed by atoms with Gasteiger partial charge in [-0.1, -0.05) is 12.1 Å². The van der Waals surface area contributed by atoms with Gasteiger partial charge in [0.2, 0.25) is 10.0 Å². The molecule has 1 saturated heterocycles. The Bertz CT molecular complexity index is 995. The zero-order valence-corrected chi connectivity index (χ0v) is 16.1. The van der Waals surface area contributed by atoms with E-state index in [1.165, 1.54) is 34.6 Å². The van der Waals surface area contributed by atoms with Crippen LogP contribution in [0.5, 0.6) is 5.75 Å². The summed E-state index contributed by atoms with van der Waals surface area (Å²) in [6.07, 6.45) is 1.46. The first-order valence-corrected chi connectivity index (χ1v) is 10.3. The summed E-state index contributed by atoms with van der Waals surface area (Å²) < 4.78 is 56.4. The maximum atomic E-state index is 13.0. The molecule has 1 N–H and O–H groups in total. The number of halogens is 2. The van der Waals surface area contributed by atoms with E-state index in [0.717, 1.165) is 18.9 Å². The van der Waals surface area contributed by atoms with Gasteiger partial charge in [0.1, 0.15) is 10.6 Å². The molecule has 156 valence electrons. The zero-order valence-electron chi connectivity index (χ0n) is 15.3. The fraction of sp³-hybridized carbons (Fsp3) is 0.333. The maximum absolute atomic E-state index is 13.0. The van der Waals surface area contributed by atoms with Crippen LogP contribution in [0.1, 0.15) is 18.4 Å². The third kappa shape index (κ3) is 4.98. The molecule has 0 aromatic heterocycles. The summed E-state index contributed by atoms with van der Waals surface area (Å²) in [5.74, 6) is -0.0205. The highest BCUT2D eigenvalue weighted by Crippen LogP contribution is 2.31. The van der Waals surface area contributed by atoms with Crippen LogP contribution >= 0.6 is 0 Å². The maximum Gasteiger partial charge on any atom is 0.387 e. The van der Waals surface area contributed by atoms with E-state index in [9.17, 15) is 27.3 Å². The molecule has 0 spiro atoms. The zero-order chi connectivity index (χ0) is 21.0. The summed E-state index contributed by atoms with van der Waals surface area (Å²) in [6, 6.07) is 9.55. The molecule has 0 aliphatic carbocycles. The second kappa shape index (κ2) is 8.70. The van der Waals surface area contributed by atoms with Crippen molar-refractivity contribution in [1.29, 1.82) is 0 Å². The van der Waals surface area contributed by atoms with Gasteiger partial charge in [0.05, 0.1) is 10.6 Å². The average molecular weight is 427 g/mol. The van der Waals surface area contributed by atoms with E-state index in [1.54, 1.807) is 6.07 Å². The Kier molecular flexibility index (Phi) is 6.28. The van der Waals surface area contributed by atoms with Crippen molar-refractivity contribution < 1.29 is 26.9 Å². The molecule has 0 radical (unpaired) electrons. The van der Waals surface area contributed by atoms with E-state index in [-0.39, 0.29) is 28.6 Å². The molecule has 2 aromatic rings. The number of hydrogen-bond acceptors (Lipinski definition) is 6. The van der Waals surface area contributed by atoms with Gasteiger partial charge < -0.3 is 10.1 Å². The SMILES string of the molecule is O=[N+]([O-])c1ccc(NCc2cccc(OC(F)F)c2)c(S(=O)(=O)N2CCCC2)c1. The van der Waals surface area contributed by atoms with Crippen molar-refractivity contribution in [2.24, 2.45) is 0 Å². The first-order chi connectivity index (χ1) is 13.8. The third-order valence-corrected chi connectivity index (χ3v) is 6.40. The van der Waals surface area contributed by atoms with E-state index < -0.39 is 21.6 Å². The number of nitro groups is 1. The lowest BCUT2D eigenvalue weighted by atomic mass is 10.2. The number of anilines is 1. The Balaban J connectivity index is 1.88. The first-order valence-electron chi connectivity index (χ1n) is 8.83. The lowest BCUT2D eigenvalue weighted by molar-refractivity contribution is -0.385. The topological polar surface area (TPSA) is 102 Å². The van der Waals surface area contributed by atoms with Gasteiger partial charge in [0, 0.05) is 31.8 Å². The molecule has 0 atom stereocenters. The van der Waals surface area contributed by atoms with Gasteiger partial charge in [-0.15, -0.1) is 0 Å². The fourth-order valence-corrected chi connectivity index (χ4v) is 4.79. The molecule has 2 aromatic carbocycles. The summed E-state index contributed by atoms with van der Waals surface area (Å²) in [5.41, 5.74) is 0.439. The van der Waals surface area contributed by atoms with Gasteiger partial charge in [-0.25, -0.2) is 8.42 Å². The number of benzene rings is 2. The Morgan fingerprint density at radius 3 is 2.55 bits per heavy atom. The van der Waals surface area contributed by atoms with Crippen LogP contribution in [-0.2, 0) is 16.6 Å². The summed E-state index contributed by atoms with van der Waals surface area (Å²) in [6.45, 7) is -2.12. The minimum absolute atomic E-state index is 0.0205. The number of non-ortho nitro benzene ring substituents is 1. The highest BCUT2D eigenvalue weighted by molar-refractivity contribution is 7.89. The van der Waals surface area contributed by atoms with E-state index in [1.807, 2.05) is 0 Å². The molecule has 1 aliphatic heterocycles. The Hall–Kier alpha value is -2.79. The van der Waals surface area contributed by atoms with Gasteiger partial charge in [-0.05, 0) is 36.6 Å². The molecule has 8 nitrogen and oxygen atoms in total. The molecule has 3 rings (SSSR count). The number of nitrogens with one attached hydrogen (secondary N) is 1. The van der Waals surface area contributed by atoms with Crippen LogP contribution in [0.2, 0.25) is 0 Å². The van der Waals surface area contributed by atoms with Crippen molar-refractivity contribution in [3.05, 3.63) is 58.1 Å². The molecule has 0 saturated carbocycles. The molecule has 1 aliphatic rings. The lowest BCUT2D eigenvalue weighted by Crippen LogP contribution is -2.28. The Labute approximate surface area is 166 Å². The van der Waals surface area contributed by atoms with Crippen molar-refractivity contribution in [2.75, 3.05) is 18.4 Å². The van der Waals surface area contributed by atoms with Gasteiger partial charge in [0.25, 0.3) is 5.69 Å². The summed E-state index contributed by atoms with van der Waals surface area (Å²) in [4.78, 5) is 10.3. The predicted octanol–water partition coefficient (Wildman–Crippen LogP) is 3.59. The highest BCUT2D eigenvalue weighted by Gasteiger charge is 2.31. The van der Waals surface area contributed by atoms with E-state index >= 15 is 0 Å². The number of nitro benzene ring substituents is 1. The monoisotopic (exact) mass is 427 g/mol. The summed E-state index contributed by atoms with van der Waals surface area (Å²) in [7, 11) is -3.91. The Morgan fingerprint density at radius 2 is 1.90 bits per heavy atom. The quantitative estimate of drug-likeness (QED) is 0.510. The molecule has 1 heterocycles. The predicted molar refractivity (Wildman–Crippen MR) is 101 cm³/mol. The number of sulfonamides is 1. The molecule has 0 bridgehead atoms. The second-order valence-corrected chi connectivity index (χ2v) is 8.33. The Morgan fingerprint density at radius 1 is 1.17 bits per heavy atom. The van der Waals surface area contributed by atoms with Crippen LogP contribution in [0.15, 0.2) is 47.4 Å².